The summed E-state index contributed by atoms with van der Waals surface area (Å²) in [6.07, 6.45) is 0. The van der Waals surface area contributed by atoms with Crippen LogP contribution in [0.5, 0.6) is 0 Å². The molecule has 0 fully saturated rings. The molecule has 0 saturated heterocycles. The lowest BCUT2D eigenvalue weighted by Gasteiger charge is -2.32. The van der Waals surface area contributed by atoms with Gasteiger partial charge in [0.2, 0.25) is 0 Å². The minimum absolute atomic E-state index is 0.128. The molecule has 0 saturated carbocycles. The summed E-state index contributed by atoms with van der Waals surface area (Å²) >= 11 is 0. The number of nitrogens with zero attached hydrogens (tertiary/aromatic N) is 1. The molecule has 1 heteroatoms. The highest BCUT2D eigenvalue weighted by atomic mass is 15.1. The van der Waals surface area contributed by atoms with Crippen LogP contribution in [-0.4, -0.2) is 0 Å². The molecule has 8 aromatic rings. The van der Waals surface area contributed by atoms with Crippen molar-refractivity contribution < 1.29 is 0 Å². The quantitative estimate of drug-likeness (QED) is 0.166. The number of anilines is 3. The monoisotopic (exact) mass is 705 g/mol. The minimum Gasteiger partial charge on any atom is -0.310 e. The molecule has 0 aliphatic heterocycles. The smallest absolute Gasteiger partial charge is 0.0546 e. The number of hydrogen-bond donors (Lipinski definition) is 0. The summed E-state index contributed by atoms with van der Waals surface area (Å²) in [4.78, 5) is 2.52. The molecule has 0 N–H and O–H groups in total. The Kier molecular flexibility index (Phi) is 7.58. The second kappa shape index (κ2) is 12.6. The Bertz CT molecular complexity index is 2630. The van der Waals surface area contributed by atoms with Crippen molar-refractivity contribution in [3.63, 3.8) is 0 Å². The highest BCUT2D eigenvalue weighted by Gasteiger charge is 2.38. The summed E-state index contributed by atoms with van der Waals surface area (Å²) in [5.41, 5.74) is 21.2. The van der Waals surface area contributed by atoms with Gasteiger partial charge in [0, 0.05) is 27.8 Å². The molecular weight excluding hydrogens is 663 g/mol. The number of rotatable bonds is 6. The summed E-state index contributed by atoms with van der Waals surface area (Å²) < 4.78 is 0. The number of benzene rings is 8. The molecule has 0 amide bonds. The Balaban J connectivity index is 1.23. The second-order valence-corrected chi connectivity index (χ2v) is 16.1. The SMILES string of the molecule is CC1(C)c2ccccc2-c2ccc(N(c3ccc4c(c3)C(C)(C)c3ccccc3-4)c3cccc(-c4ccccc4)c3-c3ccc(-c4ccccc4)cc3)cc21. The van der Waals surface area contributed by atoms with Crippen LogP contribution in [0.3, 0.4) is 0 Å². The molecule has 8 aromatic carbocycles. The molecule has 2 aliphatic carbocycles. The fourth-order valence-corrected chi connectivity index (χ4v) is 9.44. The van der Waals surface area contributed by atoms with Crippen LogP contribution in [0.15, 0.2) is 188 Å². The third kappa shape index (κ3) is 5.22. The van der Waals surface area contributed by atoms with Crippen molar-refractivity contribution >= 4 is 17.1 Å². The van der Waals surface area contributed by atoms with Gasteiger partial charge in [0.15, 0.2) is 0 Å². The average Bonchev–Trinajstić information content (AvgIpc) is 3.60. The Morgan fingerprint density at radius 1 is 0.309 bits per heavy atom. The standard InChI is InChI=1S/C54H43N/c1-53(2)47-23-13-11-20-43(47)45-32-30-40(34-49(45)53)55(41-31-33-46-44-21-12-14-24-48(44)54(3,4)50(46)35-41)51-25-15-22-42(38-18-9-6-10-19-38)52(51)39-28-26-37(27-29-39)36-16-7-5-8-17-36/h5-35H,1-4H3. The van der Waals surface area contributed by atoms with Gasteiger partial charge in [0.05, 0.1) is 5.69 Å². The van der Waals surface area contributed by atoms with Crippen molar-refractivity contribution in [1.29, 1.82) is 0 Å². The number of fused-ring (bicyclic) bond motifs is 6. The minimum atomic E-state index is -0.128. The lowest BCUT2D eigenvalue weighted by molar-refractivity contribution is 0.660. The van der Waals surface area contributed by atoms with Crippen LogP contribution in [0.25, 0.3) is 55.6 Å². The lowest BCUT2D eigenvalue weighted by Crippen LogP contribution is -2.18. The number of hydrogen-bond acceptors (Lipinski definition) is 1. The van der Waals surface area contributed by atoms with Crippen molar-refractivity contribution in [3.8, 4) is 55.6 Å². The first-order chi connectivity index (χ1) is 26.8. The van der Waals surface area contributed by atoms with Gasteiger partial charge in [0.1, 0.15) is 0 Å². The van der Waals surface area contributed by atoms with Crippen LogP contribution in [-0.2, 0) is 10.8 Å². The van der Waals surface area contributed by atoms with Gasteiger partial charge < -0.3 is 4.90 Å². The van der Waals surface area contributed by atoms with Crippen molar-refractivity contribution in [2.45, 2.75) is 38.5 Å². The van der Waals surface area contributed by atoms with E-state index in [9.17, 15) is 0 Å². The fourth-order valence-electron chi connectivity index (χ4n) is 9.44. The van der Waals surface area contributed by atoms with Gasteiger partial charge in [-0.3, -0.25) is 0 Å². The first-order valence-corrected chi connectivity index (χ1v) is 19.4. The van der Waals surface area contributed by atoms with Crippen molar-refractivity contribution in [2.75, 3.05) is 4.90 Å². The third-order valence-corrected chi connectivity index (χ3v) is 12.3. The predicted octanol–water partition coefficient (Wildman–Crippen LogP) is 14.8. The fraction of sp³-hybridized carbons (Fsp3) is 0.111. The van der Waals surface area contributed by atoms with E-state index >= 15 is 0 Å². The molecule has 0 spiro atoms. The van der Waals surface area contributed by atoms with E-state index < -0.39 is 0 Å². The third-order valence-electron chi connectivity index (χ3n) is 12.3. The molecule has 0 heterocycles. The van der Waals surface area contributed by atoms with Gasteiger partial charge in [-0.2, -0.15) is 0 Å². The van der Waals surface area contributed by atoms with Gasteiger partial charge >= 0.3 is 0 Å². The molecule has 0 unspecified atom stereocenters. The molecule has 2 aliphatic rings. The molecule has 1 nitrogen and oxygen atoms in total. The van der Waals surface area contributed by atoms with Crippen LogP contribution < -0.4 is 4.90 Å². The average molecular weight is 706 g/mol. The van der Waals surface area contributed by atoms with Crippen LogP contribution in [0.2, 0.25) is 0 Å². The van der Waals surface area contributed by atoms with Gasteiger partial charge in [-0.15, -0.1) is 0 Å². The van der Waals surface area contributed by atoms with E-state index in [4.69, 9.17) is 0 Å². The molecule has 264 valence electrons. The van der Waals surface area contributed by atoms with E-state index in [1.54, 1.807) is 0 Å². The summed E-state index contributed by atoms with van der Waals surface area (Å²) in [6, 6.07) is 69.6. The first kappa shape index (κ1) is 33.2. The molecule has 0 bridgehead atoms. The Morgan fingerprint density at radius 2 is 0.727 bits per heavy atom. The Labute approximate surface area is 325 Å². The largest absolute Gasteiger partial charge is 0.310 e. The molecule has 0 radical (unpaired) electrons. The van der Waals surface area contributed by atoms with Gasteiger partial charge in [-0.1, -0.05) is 185 Å². The van der Waals surface area contributed by atoms with Crippen LogP contribution in [0.4, 0.5) is 17.1 Å². The summed E-state index contributed by atoms with van der Waals surface area (Å²) in [6.45, 7) is 9.49. The van der Waals surface area contributed by atoms with Crippen molar-refractivity contribution in [3.05, 3.63) is 210 Å². The van der Waals surface area contributed by atoms with Crippen LogP contribution in [0, 0.1) is 0 Å². The maximum absolute atomic E-state index is 2.52. The highest BCUT2D eigenvalue weighted by molar-refractivity contribution is 5.98. The Morgan fingerprint density at radius 3 is 1.27 bits per heavy atom. The van der Waals surface area contributed by atoms with E-state index in [2.05, 4.69) is 221 Å². The lowest BCUT2D eigenvalue weighted by atomic mass is 9.82. The maximum Gasteiger partial charge on any atom is 0.0546 e. The van der Waals surface area contributed by atoms with Gasteiger partial charge in [-0.05, 0) is 103 Å². The predicted molar refractivity (Wildman–Crippen MR) is 233 cm³/mol. The topological polar surface area (TPSA) is 3.24 Å². The zero-order valence-corrected chi connectivity index (χ0v) is 31.8. The summed E-state index contributed by atoms with van der Waals surface area (Å²) in [5.74, 6) is 0. The van der Waals surface area contributed by atoms with Crippen LogP contribution >= 0.6 is 0 Å². The summed E-state index contributed by atoms with van der Waals surface area (Å²) in [7, 11) is 0. The van der Waals surface area contributed by atoms with E-state index in [1.165, 1.54) is 77.9 Å². The first-order valence-electron chi connectivity index (χ1n) is 19.4. The molecular formula is C54H43N. The second-order valence-electron chi connectivity index (χ2n) is 16.1. The summed E-state index contributed by atoms with van der Waals surface area (Å²) in [5, 5.41) is 0. The molecule has 10 rings (SSSR count). The van der Waals surface area contributed by atoms with E-state index in [1.807, 2.05) is 0 Å². The highest BCUT2D eigenvalue weighted by Crippen LogP contribution is 2.54. The zero-order chi connectivity index (χ0) is 37.3. The molecule has 0 aromatic heterocycles. The maximum atomic E-state index is 2.52. The molecule has 0 atom stereocenters. The molecule has 55 heavy (non-hydrogen) atoms. The van der Waals surface area contributed by atoms with Gasteiger partial charge in [-0.25, -0.2) is 0 Å². The zero-order valence-electron chi connectivity index (χ0n) is 31.8. The van der Waals surface area contributed by atoms with E-state index in [0.717, 1.165) is 17.1 Å². The van der Waals surface area contributed by atoms with Gasteiger partial charge in [0.25, 0.3) is 0 Å². The van der Waals surface area contributed by atoms with Crippen molar-refractivity contribution in [1.82, 2.24) is 0 Å². The van der Waals surface area contributed by atoms with E-state index in [-0.39, 0.29) is 10.8 Å². The van der Waals surface area contributed by atoms with Crippen molar-refractivity contribution in [2.24, 2.45) is 0 Å². The normalized spacial score (nSPS) is 14.1. The van der Waals surface area contributed by atoms with E-state index in [0.29, 0.717) is 0 Å². The Hall–Kier alpha value is -6.44. The van der Waals surface area contributed by atoms with Crippen LogP contribution in [0.1, 0.15) is 49.9 Å².